The summed E-state index contributed by atoms with van der Waals surface area (Å²) in [6, 6.07) is 10.8. The Hall–Kier alpha value is -2.81. The number of aliphatic carboxylic acids is 1. The molecule has 0 aliphatic carbocycles. The quantitative estimate of drug-likeness (QED) is 0.524. The average molecular weight is 259 g/mol. The Kier molecular flexibility index (Phi) is 5.63. The largest absolute Gasteiger partial charge is 0.481 e. The zero-order valence-corrected chi connectivity index (χ0v) is 10.1. The van der Waals surface area contributed by atoms with E-state index in [4.69, 9.17) is 10.4 Å². The second-order valence-electron chi connectivity index (χ2n) is 3.58. The predicted molar refractivity (Wildman–Crippen MR) is 69.0 cm³/mol. The number of amides is 1. The minimum Gasteiger partial charge on any atom is -0.481 e. The highest BCUT2D eigenvalue weighted by Crippen LogP contribution is 2.05. The van der Waals surface area contributed by atoms with Gasteiger partial charge < -0.3 is 15.7 Å². The summed E-state index contributed by atoms with van der Waals surface area (Å²) in [7, 11) is 0. The number of hydrogen-bond donors (Lipinski definition) is 3. The fraction of sp³-hybridized carbons (Fsp3) is 0.154. The van der Waals surface area contributed by atoms with Crippen molar-refractivity contribution in [3.8, 4) is 6.07 Å². The van der Waals surface area contributed by atoms with Crippen LogP contribution in [0.15, 0.2) is 42.1 Å². The molecule has 1 aromatic carbocycles. The van der Waals surface area contributed by atoms with Crippen LogP contribution < -0.4 is 10.6 Å². The van der Waals surface area contributed by atoms with Gasteiger partial charge in [-0.1, -0.05) is 18.2 Å². The molecular formula is C13H13N3O3. The van der Waals surface area contributed by atoms with Gasteiger partial charge in [-0.15, -0.1) is 0 Å². The van der Waals surface area contributed by atoms with Crippen molar-refractivity contribution in [2.45, 2.75) is 6.42 Å². The molecule has 19 heavy (non-hydrogen) atoms. The van der Waals surface area contributed by atoms with Gasteiger partial charge in [0.05, 0.1) is 6.42 Å². The number of rotatable bonds is 6. The third-order valence-corrected chi connectivity index (χ3v) is 2.15. The SMILES string of the molecule is N#C/C(=C/Nc1ccccc1)C(=O)NCCC(=O)O. The summed E-state index contributed by atoms with van der Waals surface area (Å²) < 4.78 is 0. The number of carboxylic acids is 1. The molecule has 0 radical (unpaired) electrons. The van der Waals surface area contributed by atoms with Gasteiger partial charge in [0.1, 0.15) is 11.6 Å². The van der Waals surface area contributed by atoms with Crippen LogP contribution >= 0.6 is 0 Å². The lowest BCUT2D eigenvalue weighted by Gasteiger charge is -2.03. The van der Waals surface area contributed by atoms with E-state index in [0.717, 1.165) is 5.69 Å². The van der Waals surface area contributed by atoms with Crippen molar-refractivity contribution < 1.29 is 14.7 Å². The number of carbonyl (C=O) groups is 2. The molecule has 0 aliphatic heterocycles. The number of nitrogens with one attached hydrogen (secondary N) is 2. The van der Waals surface area contributed by atoms with Gasteiger partial charge in [-0.25, -0.2) is 0 Å². The van der Waals surface area contributed by atoms with Crippen LogP contribution in [0.1, 0.15) is 6.42 Å². The second kappa shape index (κ2) is 7.50. The summed E-state index contributed by atoms with van der Waals surface area (Å²) in [4.78, 5) is 21.8. The molecule has 0 bridgehead atoms. The monoisotopic (exact) mass is 259 g/mol. The number of hydrogen-bond acceptors (Lipinski definition) is 4. The van der Waals surface area contributed by atoms with Gasteiger partial charge in [0.15, 0.2) is 0 Å². The van der Waals surface area contributed by atoms with Crippen molar-refractivity contribution in [2.75, 3.05) is 11.9 Å². The molecular weight excluding hydrogens is 246 g/mol. The highest BCUT2D eigenvalue weighted by atomic mass is 16.4. The first-order valence-corrected chi connectivity index (χ1v) is 5.55. The minimum absolute atomic E-state index is 0.0154. The average Bonchev–Trinajstić information content (AvgIpc) is 2.40. The number of nitrogens with zero attached hydrogens (tertiary/aromatic N) is 1. The van der Waals surface area contributed by atoms with Crippen LogP contribution in [0, 0.1) is 11.3 Å². The van der Waals surface area contributed by atoms with Crippen LogP contribution in [0.3, 0.4) is 0 Å². The summed E-state index contributed by atoms with van der Waals surface area (Å²) >= 11 is 0. The summed E-state index contributed by atoms with van der Waals surface area (Å²) in [6.45, 7) is -0.0154. The summed E-state index contributed by atoms with van der Waals surface area (Å²) in [6.07, 6.45) is 1.10. The molecule has 0 saturated heterocycles. The van der Waals surface area contributed by atoms with Gasteiger partial charge in [-0.05, 0) is 12.1 Å². The van der Waals surface area contributed by atoms with Crippen molar-refractivity contribution >= 4 is 17.6 Å². The van der Waals surface area contributed by atoms with Gasteiger partial charge in [0.2, 0.25) is 0 Å². The van der Waals surface area contributed by atoms with Gasteiger partial charge in [-0.2, -0.15) is 5.26 Å². The highest BCUT2D eigenvalue weighted by Gasteiger charge is 2.08. The Morgan fingerprint density at radius 2 is 2.00 bits per heavy atom. The Morgan fingerprint density at radius 3 is 2.58 bits per heavy atom. The Bertz CT molecular complexity index is 518. The molecule has 98 valence electrons. The van der Waals surface area contributed by atoms with E-state index in [1.54, 1.807) is 18.2 Å². The van der Waals surface area contributed by atoms with Gasteiger partial charge in [0, 0.05) is 18.4 Å². The van der Waals surface area contributed by atoms with E-state index in [2.05, 4.69) is 10.6 Å². The number of nitriles is 1. The van der Waals surface area contributed by atoms with Gasteiger partial charge >= 0.3 is 5.97 Å². The first-order valence-electron chi connectivity index (χ1n) is 5.55. The Labute approximate surface area is 110 Å². The maximum absolute atomic E-state index is 11.5. The molecule has 3 N–H and O–H groups in total. The maximum atomic E-state index is 11.5. The van der Waals surface area contributed by atoms with Crippen molar-refractivity contribution in [1.29, 1.82) is 5.26 Å². The third kappa shape index (κ3) is 5.37. The smallest absolute Gasteiger partial charge is 0.305 e. The van der Waals surface area contributed by atoms with Crippen LogP contribution in [0.5, 0.6) is 0 Å². The molecule has 1 rings (SSSR count). The van der Waals surface area contributed by atoms with E-state index in [1.807, 2.05) is 18.2 Å². The first-order chi connectivity index (χ1) is 9.13. The van der Waals surface area contributed by atoms with Crippen molar-refractivity contribution in [3.63, 3.8) is 0 Å². The van der Waals surface area contributed by atoms with E-state index in [-0.39, 0.29) is 18.5 Å². The molecule has 0 heterocycles. The molecule has 0 fully saturated rings. The third-order valence-electron chi connectivity index (χ3n) is 2.15. The minimum atomic E-state index is -1.01. The fourth-order valence-electron chi connectivity index (χ4n) is 1.22. The molecule has 0 spiro atoms. The number of carboxylic acid groups (broad SMARTS) is 1. The summed E-state index contributed by atoms with van der Waals surface area (Å²) in [5, 5.41) is 22.4. The second-order valence-corrected chi connectivity index (χ2v) is 3.58. The van der Waals surface area contributed by atoms with E-state index in [0.29, 0.717) is 0 Å². The molecule has 0 saturated carbocycles. The fourth-order valence-corrected chi connectivity index (χ4v) is 1.22. The van der Waals surface area contributed by atoms with E-state index in [9.17, 15) is 9.59 Å². The standard InChI is InChI=1S/C13H13N3O3/c14-8-10(13(19)15-7-6-12(17)18)9-16-11-4-2-1-3-5-11/h1-5,9,16H,6-7H2,(H,15,19)(H,17,18)/b10-9-. The number of carbonyl (C=O) groups excluding carboxylic acids is 1. The Balaban J connectivity index is 2.55. The normalized spacial score (nSPS) is 10.4. The number of para-hydroxylation sites is 1. The van der Waals surface area contributed by atoms with Crippen LogP contribution in [0.2, 0.25) is 0 Å². The summed E-state index contributed by atoms with van der Waals surface area (Å²) in [5.41, 5.74) is 0.628. The Morgan fingerprint density at radius 1 is 1.32 bits per heavy atom. The van der Waals surface area contributed by atoms with Crippen molar-refractivity contribution in [1.82, 2.24) is 5.32 Å². The van der Waals surface area contributed by atoms with Crippen LogP contribution in [0.4, 0.5) is 5.69 Å². The van der Waals surface area contributed by atoms with E-state index in [1.165, 1.54) is 6.20 Å². The molecule has 0 aromatic heterocycles. The van der Waals surface area contributed by atoms with E-state index < -0.39 is 11.9 Å². The molecule has 1 aromatic rings. The molecule has 0 aliphatic rings. The molecule has 0 unspecified atom stereocenters. The van der Waals surface area contributed by atoms with Crippen molar-refractivity contribution in [2.24, 2.45) is 0 Å². The lowest BCUT2D eigenvalue weighted by Crippen LogP contribution is -2.27. The molecule has 6 heteroatoms. The van der Waals surface area contributed by atoms with Crippen molar-refractivity contribution in [3.05, 3.63) is 42.1 Å². The van der Waals surface area contributed by atoms with Crippen LogP contribution in [-0.4, -0.2) is 23.5 Å². The molecule has 1 amide bonds. The van der Waals surface area contributed by atoms with Gasteiger partial charge in [0.25, 0.3) is 5.91 Å². The highest BCUT2D eigenvalue weighted by molar-refractivity contribution is 5.97. The number of anilines is 1. The molecule has 6 nitrogen and oxygen atoms in total. The zero-order chi connectivity index (χ0) is 14.1. The zero-order valence-electron chi connectivity index (χ0n) is 10.1. The van der Waals surface area contributed by atoms with Crippen LogP contribution in [0.25, 0.3) is 0 Å². The van der Waals surface area contributed by atoms with Crippen LogP contribution in [-0.2, 0) is 9.59 Å². The summed E-state index contributed by atoms with van der Waals surface area (Å²) in [5.74, 6) is -1.61. The van der Waals surface area contributed by atoms with E-state index >= 15 is 0 Å². The lowest BCUT2D eigenvalue weighted by molar-refractivity contribution is -0.136. The maximum Gasteiger partial charge on any atom is 0.305 e. The molecule has 0 atom stereocenters. The lowest BCUT2D eigenvalue weighted by atomic mass is 10.2. The predicted octanol–water partition coefficient (Wildman–Crippen LogP) is 1.10. The number of benzene rings is 1. The first kappa shape index (κ1) is 14.3. The van der Waals surface area contributed by atoms with Gasteiger partial charge in [-0.3, -0.25) is 9.59 Å². The topological polar surface area (TPSA) is 102 Å².